The zero-order valence-corrected chi connectivity index (χ0v) is 10.2. The van der Waals surface area contributed by atoms with E-state index in [-0.39, 0.29) is 0 Å². The van der Waals surface area contributed by atoms with Gasteiger partial charge in [0.15, 0.2) is 0 Å². The molecule has 0 spiro atoms. The van der Waals surface area contributed by atoms with E-state index in [0.717, 1.165) is 16.6 Å². The van der Waals surface area contributed by atoms with E-state index >= 15 is 0 Å². The van der Waals surface area contributed by atoms with Gasteiger partial charge in [0.2, 0.25) is 0 Å². The molecular formula is C11H16BrNO. The van der Waals surface area contributed by atoms with Gasteiger partial charge in [-0.05, 0) is 42.6 Å². The SMILES string of the molecule is COc1ccc(Br)c(C(C)CCN)c1. The molecule has 0 heterocycles. The summed E-state index contributed by atoms with van der Waals surface area (Å²) >= 11 is 3.53. The maximum absolute atomic E-state index is 5.54. The third-order valence-corrected chi connectivity index (χ3v) is 3.06. The van der Waals surface area contributed by atoms with Gasteiger partial charge in [-0.3, -0.25) is 0 Å². The fourth-order valence-corrected chi connectivity index (χ4v) is 2.07. The number of hydrogen-bond acceptors (Lipinski definition) is 2. The van der Waals surface area contributed by atoms with Gasteiger partial charge >= 0.3 is 0 Å². The number of nitrogens with two attached hydrogens (primary N) is 1. The van der Waals surface area contributed by atoms with Crippen molar-refractivity contribution in [1.29, 1.82) is 0 Å². The largest absolute Gasteiger partial charge is 0.497 e. The van der Waals surface area contributed by atoms with Crippen molar-refractivity contribution >= 4 is 15.9 Å². The number of ether oxygens (including phenoxy) is 1. The second-order valence-electron chi connectivity index (χ2n) is 3.37. The van der Waals surface area contributed by atoms with Crippen LogP contribution in [0.25, 0.3) is 0 Å². The third-order valence-electron chi connectivity index (χ3n) is 2.33. The van der Waals surface area contributed by atoms with Gasteiger partial charge in [0.05, 0.1) is 7.11 Å². The minimum atomic E-state index is 0.462. The van der Waals surface area contributed by atoms with Gasteiger partial charge in [0.25, 0.3) is 0 Å². The van der Waals surface area contributed by atoms with Crippen LogP contribution in [0.2, 0.25) is 0 Å². The van der Waals surface area contributed by atoms with E-state index in [0.29, 0.717) is 12.5 Å². The van der Waals surface area contributed by atoms with E-state index in [1.54, 1.807) is 7.11 Å². The van der Waals surface area contributed by atoms with Crippen molar-refractivity contribution < 1.29 is 4.74 Å². The molecule has 0 fully saturated rings. The maximum Gasteiger partial charge on any atom is 0.119 e. The molecule has 78 valence electrons. The molecule has 0 bridgehead atoms. The van der Waals surface area contributed by atoms with Crippen LogP contribution < -0.4 is 10.5 Å². The van der Waals surface area contributed by atoms with Crippen LogP contribution in [0, 0.1) is 0 Å². The fraction of sp³-hybridized carbons (Fsp3) is 0.455. The molecule has 1 unspecified atom stereocenters. The van der Waals surface area contributed by atoms with Gasteiger partial charge in [0.1, 0.15) is 5.75 Å². The molecule has 1 aromatic carbocycles. The normalized spacial score (nSPS) is 12.6. The Balaban J connectivity index is 2.93. The van der Waals surface area contributed by atoms with E-state index in [4.69, 9.17) is 10.5 Å². The summed E-state index contributed by atoms with van der Waals surface area (Å²) in [5.74, 6) is 1.36. The lowest BCUT2D eigenvalue weighted by Crippen LogP contribution is -2.05. The standard InChI is InChI=1S/C11H16BrNO/c1-8(5-6-13)10-7-9(14-2)3-4-11(10)12/h3-4,7-8H,5-6,13H2,1-2H3. The topological polar surface area (TPSA) is 35.2 Å². The lowest BCUT2D eigenvalue weighted by atomic mass is 9.98. The minimum Gasteiger partial charge on any atom is -0.497 e. The van der Waals surface area contributed by atoms with Crippen molar-refractivity contribution in [2.45, 2.75) is 19.3 Å². The van der Waals surface area contributed by atoms with Crippen LogP contribution in [0.15, 0.2) is 22.7 Å². The summed E-state index contributed by atoms with van der Waals surface area (Å²) in [5, 5.41) is 0. The van der Waals surface area contributed by atoms with Crippen molar-refractivity contribution in [2.24, 2.45) is 5.73 Å². The Hall–Kier alpha value is -0.540. The van der Waals surface area contributed by atoms with E-state index in [1.165, 1.54) is 5.56 Å². The zero-order valence-electron chi connectivity index (χ0n) is 8.59. The van der Waals surface area contributed by atoms with Crippen LogP contribution in [0.3, 0.4) is 0 Å². The van der Waals surface area contributed by atoms with Gasteiger partial charge < -0.3 is 10.5 Å². The fourth-order valence-electron chi connectivity index (χ4n) is 1.43. The van der Waals surface area contributed by atoms with Crippen LogP contribution in [0.5, 0.6) is 5.75 Å². The summed E-state index contributed by atoms with van der Waals surface area (Å²) < 4.78 is 6.31. The molecule has 3 heteroatoms. The van der Waals surface area contributed by atoms with Crippen LogP contribution in [-0.4, -0.2) is 13.7 Å². The number of hydrogen-bond donors (Lipinski definition) is 1. The molecule has 1 aromatic rings. The summed E-state index contributed by atoms with van der Waals surface area (Å²) in [7, 11) is 1.68. The smallest absolute Gasteiger partial charge is 0.119 e. The summed E-state index contributed by atoms with van der Waals surface area (Å²) in [4.78, 5) is 0. The van der Waals surface area contributed by atoms with Crippen molar-refractivity contribution in [1.82, 2.24) is 0 Å². The molecule has 0 amide bonds. The first-order valence-electron chi connectivity index (χ1n) is 4.72. The van der Waals surface area contributed by atoms with Crippen molar-refractivity contribution in [3.05, 3.63) is 28.2 Å². The molecule has 0 saturated heterocycles. The predicted molar refractivity (Wildman–Crippen MR) is 62.8 cm³/mol. The van der Waals surface area contributed by atoms with Crippen molar-refractivity contribution in [2.75, 3.05) is 13.7 Å². The Morgan fingerprint density at radius 2 is 2.21 bits per heavy atom. The van der Waals surface area contributed by atoms with E-state index in [2.05, 4.69) is 28.9 Å². The Morgan fingerprint density at radius 3 is 2.79 bits per heavy atom. The summed E-state index contributed by atoms with van der Waals surface area (Å²) in [6, 6.07) is 6.02. The lowest BCUT2D eigenvalue weighted by molar-refractivity contribution is 0.413. The highest BCUT2D eigenvalue weighted by atomic mass is 79.9. The molecule has 1 rings (SSSR count). The van der Waals surface area contributed by atoms with Crippen molar-refractivity contribution in [3.63, 3.8) is 0 Å². The zero-order chi connectivity index (χ0) is 10.6. The lowest BCUT2D eigenvalue weighted by Gasteiger charge is -2.13. The van der Waals surface area contributed by atoms with E-state index in [1.807, 2.05) is 12.1 Å². The van der Waals surface area contributed by atoms with Crippen LogP contribution >= 0.6 is 15.9 Å². The minimum absolute atomic E-state index is 0.462. The van der Waals surface area contributed by atoms with Gasteiger partial charge in [-0.1, -0.05) is 22.9 Å². The quantitative estimate of drug-likeness (QED) is 0.901. The first-order chi connectivity index (χ1) is 6.69. The molecule has 0 aliphatic carbocycles. The Bertz CT molecular complexity index is 301. The molecule has 1 atom stereocenters. The molecule has 14 heavy (non-hydrogen) atoms. The van der Waals surface area contributed by atoms with Crippen molar-refractivity contribution in [3.8, 4) is 5.75 Å². The molecule has 0 aliphatic rings. The number of methoxy groups -OCH3 is 1. The van der Waals surface area contributed by atoms with Gasteiger partial charge in [-0.2, -0.15) is 0 Å². The van der Waals surface area contributed by atoms with Gasteiger partial charge in [0, 0.05) is 4.47 Å². The maximum atomic E-state index is 5.54. The average molecular weight is 258 g/mol. The van der Waals surface area contributed by atoms with E-state index < -0.39 is 0 Å². The first-order valence-corrected chi connectivity index (χ1v) is 5.51. The highest BCUT2D eigenvalue weighted by Crippen LogP contribution is 2.30. The van der Waals surface area contributed by atoms with Crippen LogP contribution in [-0.2, 0) is 0 Å². The highest BCUT2D eigenvalue weighted by molar-refractivity contribution is 9.10. The van der Waals surface area contributed by atoms with Crippen LogP contribution in [0.4, 0.5) is 0 Å². The van der Waals surface area contributed by atoms with E-state index in [9.17, 15) is 0 Å². The molecule has 0 aromatic heterocycles. The summed E-state index contributed by atoms with van der Waals surface area (Å²) in [6.45, 7) is 2.89. The van der Waals surface area contributed by atoms with Gasteiger partial charge in [-0.25, -0.2) is 0 Å². The first kappa shape index (κ1) is 11.5. The number of benzene rings is 1. The molecule has 0 aliphatic heterocycles. The Labute approximate surface area is 93.6 Å². The number of rotatable bonds is 4. The highest BCUT2D eigenvalue weighted by Gasteiger charge is 2.09. The average Bonchev–Trinajstić information content (AvgIpc) is 2.19. The van der Waals surface area contributed by atoms with Gasteiger partial charge in [-0.15, -0.1) is 0 Å². The monoisotopic (exact) mass is 257 g/mol. The van der Waals surface area contributed by atoms with Crippen LogP contribution in [0.1, 0.15) is 24.8 Å². The summed E-state index contributed by atoms with van der Waals surface area (Å²) in [5.41, 5.74) is 6.80. The predicted octanol–water partition coefficient (Wildman–Crippen LogP) is 2.91. The number of halogens is 1. The second kappa shape index (κ2) is 5.37. The summed E-state index contributed by atoms with van der Waals surface area (Å²) in [6.07, 6.45) is 0.992. The Kier molecular flexibility index (Phi) is 4.42. The molecule has 2 N–H and O–H groups in total. The Morgan fingerprint density at radius 1 is 1.50 bits per heavy atom. The molecule has 0 saturated carbocycles. The molecule has 0 radical (unpaired) electrons. The molecule has 2 nitrogen and oxygen atoms in total. The third kappa shape index (κ3) is 2.72. The second-order valence-corrected chi connectivity index (χ2v) is 4.22. The molecular weight excluding hydrogens is 242 g/mol.